The quantitative estimate of drug-likeness (QED) is 0.525. The molecule has 2 aliphatic rings. The summed E-state index contributed by atoms with van der Waals surface area (Å²) in [5.74, 6) is 2.35. The number of nitrogens with zero attached hydrogens (tertiary/aromatic N) is 3. The second-order valence-electron chi connectivity index (χ2n) is 7.57. The molecule has 6 heteroatoms. The summed E-state index contributed by atoms with van der Waals surface area (Å²) in [5, 5.41) is 8.07. The van der Waals surface area contributed by atoms with Gasteiger partial charge in [0.05, 0.1) is 12.8 Å². The molecule has 2 atom stereocenters. The van der Waals surface area contributed by atoms with Crippen LogP contribution in [0, 0.1) is 0 Å². The number of rotatable bonds is 3. The third-order valence-corrected chi connectivity index (χ3v) is 5.83. The Bertz CT molecular complexity index is 1300. The maximum Gasteiger partial charge on any atom is 0.226 e. The predicted molar refractivity (Wildman–Crippen MR) is 118 cm³/mol. The maximum atomic E-state index is 6.62. The molecule has 0 fully saturated rings. The van der Waals surface area contributed by atoms with Crippen LogP contribution in [0.3, 0.4) is 0 Å². The van der Waals surface area contributed by atoms with Gasteiger partial charge < -0.3 is 14.8 Å². The second-order valence-corrected chi connectivity index (χ2v) is 7.57. The lowest BCUT2D eigenvalue weighted by molar-refractivity contribution is 0.222. The molecular formula is C25H20N4O2. The van der Waals surface area contributed by atoms with Crippen molar-refractivity contribution in [3.05, 3.63) is 107 Å². The topological polar surface area (TPSA) is 61.2 Å². The number of anilines is 1. The fraction of sp³-hybridized carbons (Fsp3) is 0.120. The van der Waals surface area contributed by atoms with E-state index in [0.717, 1.165) is 39.5 Å². The molecule has 0 radical (unpaired) electrons. The number of para-hydroxylation sites is 1. The summed E-state index contributed by atoms with van der Waals surface area (Å²) in [4.78, 5) is 4.47. The number of methoxy groups -OCH3 is 1. The minimum absolute atomic E-state index is 0.153. The molecule has 31 heavy (non-hydrogen) atoms. The molecule has 6 rings (SSSR count). The normalized spacial score (nSPS) is 18.9. The molecule has 4 aromatic rings. The zero-order valence-electron chi connectivity index (χ0n) is 16.9. The first-order chi connectivity index (χ1) is 15.3. The van der Waals surface area contributed by atoms with Gasteiger partial charge >= 0.3 is 0 Å². The van der Waals surface area contributed by atoms with Crippen LogP contribution in [0.25, 0.3) is 5.70 Å². The van der Waals surface area contributed by atoms with E-state index in [1.54, 1.807) is 13.4 Å². The molecule has 6 nitrogen and oxygen atoms in total. The Morgan fingerprint density at radius 1 is 0.935 bits per heavy atom. The summed E-state index contributed by atoms with van der Waals surface area (Å²) in [6.07, 6.45) is 1.28. The average Bonchev–Trinajstić information content (AvgIpc) is 3.31. The fourth-order valence-corrected chi connectivity index (χ4v) is 4.45. The Balaban J connectivity index is 1.62. The molecule has 0 bridgehead atoms. The molecule has 2 aliphatic heterocycles. The second kappa shape index (κ2) is 7.02. The van der Waals surface area contributed by atoms with Crippen molar-refractivity contribution in [2.24, 2.45) is 0 Å². The van der Waals surface area contributed by atoms with E-state index in [1.165, 1.54) is 0 Å². The molecule has 0 saturated carbocycles. The Labute approximate surface area is 179 Å². The lowest BCUT2D eigenvalue weighted by Crippen LogP contribution is -2.32. The third kappa shape index (κ3) is 2.79. The molecule has 152 valence electrons. The molecule has 0 amide bonds. The number of fused-ring (bicyclic) bond motifs is 3. The summed E-state index contributed by atoms with van der Waals surface area (Å²) in [7, 11) is 1.68. The highest BCUT2D eigenvalue weighted by atomic mass is 16.5. The first kappa shape index (κ1) is 17.8. The maximum absolute atomic E-state index is 6.62. The van der Waals surface area contributed by atoms with Gasteiger partial charge in [-0.25, -0.2) is 4.68 Å². The van der Waals surface area contributed by atoms with Crippen molar-refractivity contribution in [3.63, 3.8) is 0 Å². The number of aromatic nitrogens is 3. The van der Waals surface area contributed by atoms with Crippen molar-refractivity contribution in [3.8, 4) is 11.5 Å². The van der Waals surface area contributed by atoms with Crippen LogP contribution < -0.4 is 14.8 Å². The number of nitrogens with one attached hydrogen (secondary N) is 1. The van der Waals surface area contributed by atoms with Gasteiger partial charge in [-0.2, -0.15) is 10.1 Å². The lowest BCUT2D eigenvalue weighted by atomic mass is 9.84. The van der Waals surface area contributed by atoms with E-state index < -0.39 is 0 Å². The number of benzene rings is 3. The summed E-state index contributed by atoms with van der Waals surface area (Å²) < 4.78 is 14.0. The van der Waals surface area contributed by atoms with Crippen LogP contribution in [-0.2, 0) is 0 Å². The monoisotopic (exact) mass is 408 g/mol. The van der Waals surface area contributed by atoms with E-state index in [0.29, 0.717) is 5.95 Å². The van der Waals surface area contributed by atoms with Gasteiger partial charge in [-0.3, -0.25) is 0 Å². The fourth-order valence-electron chi connectivity index (χ4n) is 4.45. The lowest BCUT2D eigenvalue weighted by Gasteiger charge is -2.39. The molecule has 0 saturated heterocycles. The van der Waals surface area contributed by atoms with Gasteiger partial charge in [0.1, 0.15) is 30.0 Å². The molecule has 3 aromatic carbocycles. The summed E-state index contributed by atoms with van der Waals surface area (Å²) in [5.41, 5.74) is 5.28. The van der Waals surface area contributed by atoms with Crippen molar-refractivity contribution in [1.29, 1.82) is 0 Å². The highest BCUT2D eigenvalue weighted by molar-refractivity contribution is 5.85. The van der Waals surface area contributed by atoms with E-state index in [-0.39, 0.29) is 12.1 Å². The zero-order valence-corrected chi connectivity index (χ0v) is 16.9. The van der Waals surface area contributed by atoms with E-state index in [2.05, 4.69) is 39.7 Å². The predicted octanol–water partition coefficient (Wildman–Crippen LogP) is 4.85. The van der Waals surface area contributed by atoms with E-state index in [4.69, 9.17) is 9.47 Å². The minimum atomic E-state index is -0.310. The van der Waals surface area contributed by atoms with E-state index in [9.17, 15) is 0 Å². The van der Waals surface area contributed by atoms with Crippen LogP contribution in [-0.4, -0.2) is 21.9 Å². The Hall–Kier alpha value is -4.06. The highest BCUT2D eigenvalue weighted by Crippen LogP contribution is 2.50. The summed E-state index contributed by atoms with van der Waals surface area (Å²) in [6.45, 7) is 0. The van der Waals surface area contributed by atoms with Crippen LogP contribution in [0.15, 0.2) is 90.8 Å². The molecule has 3 heterocycles. The van der Waals surface area contributed by atoms with Crippen molar-refractivity contribution in [1.82, 2.24) is 14.8 Å². The van der Waals surface area contributed by atoms with Crippen LogP contribution in [0.4, 0.5) is 5.95 Å². The van der Waals surface area contributed by atoms with Gasteiger partial charge in [-0.15, -0.1) is 0 Å². The smallest absolute Gasteiger partial charge is 0.226 e. The molecule has 0 unspecified atom stereocenters. The summed E-state index contributed by atoms with van der Waals surface area (Å²) >= 11 is 0. The number of ether oxygens (including phenoxy) is 2. The van der Waals surface area contributed by atoms with Crippen LogP contribution >= 0.6 is 0 Å². The van der Waals surface area contributed by atoms with Crippen LogP contribution in [0.5, 0.6) is 11.5 Å². The molecular weight excluding hydrogens is 388 g/mol. The summed E-state index contributed by atoms with van der Waals surface area (Å²) in [6, 6.07) is 26.3. The molecule has 1 N–H and O–H groups in total. The Morgan fingerprint density at radius 2 is 1.74 bits per heavy atom. The van der Waals surface area contributed by atoms with Crippen molar-refractivity contribution < 1.29 is 9.47 Å². The van der Waals surface area contributed by atoms with Gasteiger partial charge in [-0.1, -0.05) is 54.6 Å². The third-order valence-electron chi connectivity index (χ3n) is 5.83. The SMILES string of the molecule is COc1cccc([C@@H]2Oc3ccccc3C3=C2[C@@H](c2ccccc2)n2ncnc2N3)c1. The zero-order chi connectivity index (χ0) is 20.8. The van der Waals surface area contributed by atoms with Gasteiger partial charge in [-0.05, 0) is 29.8 Å². The van der Waals surface area contributed by atoms with Gasteiger partial charge in [0, 0.05) is 16.7 Å². The Morgan fingerprint density at radius 3 is 2.61 bits per heavy atom. The average molecular weight is 408 g/mol. The number of hydrogen-bond acceptors (Lipinski definition) is 5. The first-order valence-electron chi connectivity index (χ1n) is 10.2. The van der Waals surface area contributed by atoms with Crippen LogP contribution in [0.2, 0.25) is 0 Å². The van der Waals surface area contributed by atoms with E-state index >= 15 is 0 Å². The number of hydrogen-bond donors (Lipinski definition) is 1. The molecule has 1 aromatic heterocycles. The van der Waals surface area contributed by atoms with Gasteiger partial charge in [0.15, 0.2) is 0 Å². The molecule has 0 aliphatic carbocycles. The van der Waals surface area contributed by atoms with E-state index in [1.807, 2.05) is 59.3 Å². The minimum Gasteiger partial charge on any atom is -0.497 e. The van der Waals surface area contributed by atoms with Crippen molar-refractivity contribution in [2.75, 3.05) is 12.4 Å². The van der Waals surface area contributed by atoms with Gasteiger partial charge in [0.25, 0.3) is 0 Å². The van der Waals surface area contributed by atoms with Crippen LogP contribution in [0.1, 0.15) is 28.8 Å². The van der Waals surface area contributed by atoms with Crippen molar-refractivity contribution >= 4 is 11.6 Å². The molecule has 0 spiro atoms. The largest absolute Gasteiger partial charge is 0.497 e. The van der Waals surface area contributed by atoms with Gasteiger partial charge in [0.2, 0.25) is 5.95 Å². The van der Waals surface area contributed by atoms with Crippen molar-refractivity contribution in [2.45, 2.75) is 12.1 Å². The highest BCUT2D eigenvalue weighted by Gasteiger charge is 2.40. The standard InChI is InChI=1S/C25H20N4O2/c1-30-18-11-7-10-17(14-18)24-21-22(19-12-5-6-13-20(19)31-24)28-25-26-15-27-29(25)23(21)16-8-3-2-4-9-16/h2-15,23-24H,1H3,(H,26,27,28)/t23-,24+/m1/s1. The first-order valence-corrected chi connectivity index (χ1v) is 10.2. The Kier molecular flexibility index (Phi) is 4.02.